The Morgan fingerprint density at radius 3 is 2.58 bits per heavy atom. The second-order valence-corrected chi connectivity index (χ2v) is 5.92. The number of carbonyl (C=O) groups excluding carboxylic acids is 2. The van der Waals surface area contributed by atoms with E-state index >= 15 is 0 Å². The number of benzene rings is 2. The van der Waals surface area contributed by atoms with Crippen LogP contribution < -0.4 is 15.4 Å². The smallest absolute Gasteiger partial charge is 0.251 e. The maximum absolute atomic E-state index is 13.5. The van der Waals surface area contributed by atoms with Gasteiger partial charge in [-0.1, -0.05) is 18.2 Å². The summed E-state index contributed by atoms with van der Waals surface area (Å²) in [6, 6.07) is 11.9. The van der Waals surface area contributed by atoms with Crippen molar-refractivity contribution in [1.29, 1.82) is 0 Å². The van der Waals surface area contributed by atoms with Crippen molar-refractivity contribution < 1.29 is 18.7 Å². The van der Waals surface area contributed by atoms with Crippen molar-refractivity contribution in [2.75, 3.05) is 20.2 Å². The number of ether oxygens (including phenoxy) is 1. The highest BCUT2D eigenvalue weighted by atomic mass is 19.1. The number of hydrogen-bond acceptors (Lipinski definition) is 3. The van der Waals surface area contributed by atoms with Crippen LogP contribution in [0.25, 0.3) is 0 Å². The van der Waals surface area contributed by atoms with Crippen molar-refractivity contribution in [2.24, 2.45) is 0 Å². The van der Waals surface area contributed by atoms with E-state index in [1.165, 1.54) is 6.07 Å². The van der Waals surface area contributed by atoms with Crippen LogP contribution in [0.1, 0.15) is 27.9 Å². The van der Waals surface area contributed by atoms with Gasteiger partial charge in [-0.05, 0) is 48.7 Å². The van der Waals surface area contributed by atoms with Crippen LogP contribution in [0.3, 0.4) is 0 Å². The first-order valence-corrected chi connectivity index (χ1v) is 8.43. The van der Waals surface area contributed by atoms with Crippen molar-refractivity contribution in [3.63, 3.8) is 0 Å². The Morgan fingerprint density at radius 2 is 1.85 bits per heavy atom. The van der Waals surface area contributed by atoms with Crippen LogP contribution in [0.15, 0.2) is 42.5 Å². The third-order valence-corrected chi connectivity index (χ3v) is 3.94. The SMILES string of the molecule is COc1cccc(CCC(=O)NCCNC(=O)c2ccc(C)c(F)c2)c1. The summed E-state index contributed by atoms with van der Waals surface area (Å²) in [4.78, 5) is 23.8. The molecule has 26 heavy (non-hydrogen) atoms. The van der Waals surface area contributed by atoms with Crippen LogP contribution in [-0.2, 0) is 11.2 Å². The highest BCUT2D eigenvalue weighted by Crippen LogP contribution is 2.13. The van der Waals surface area contributed by atoms with E-state index in [1.54, 1.807) is 26.2 Å². The minimum absolute atomic E-state index is 0.0940. The summed E-state index contributed by atoms with van der Waals surface area (Å²) >= 11 is 0. The van der Waals surface area contributed by atoms with Gasteiger partial charge < -0.3 is 15.4 Å². The molecule has 0 fully saturated rings. The Labute approximate surface area is 152 Å². The van der Waals surface area contributed by atoms with E-state index < -0.39 is 5.82 Å². The summed E-state index contributed by atoms with van der Waals surface area (Å²) in [5.74, 6) is -0.111. The summed E-state index contributed by atoms with van der Waals surface area (Å²) < 4.78 is 18.6. The lowest BCUT2D eigenvalue weighted by Crippen LogP contribution is -2.34. The van der Waals surface area contributed by atoms with Crippen molar-refractivity contribution in [3.05, 3.63) is 65.0 Å². The first-order chi connectivity index (χ1) is 12.5. The zero-order valence-corrected chi connectivity index (χ0v) is 15.0. The molecule has 0 radical (unpaired) electrons. The van der Waals surface area contributed by atoms with Crippen LogP contribution in [0.5, 0.6) is 5.75 Å². The molecular weight excluding hydrogens is 335 g/mol. The number of amides is 2. The summed E-state index contributed by atoms with van der Waals surface area (Å²) in [6.07, 6.45) is 0.961. The summed E-state index contributed by atoms with van der Waals surface area (Å²) in [5.41, 5.74) is 1.77. The largest absolute Gasteiger partial charge is 0.497 e. The molecule has 0 saturated heterocycles. The Hall–Kier alpha value is -2.89. The molecule has 0 atom stereocenters. The topological polar surface area (TPSA) is 67.4 Å². The van der Waals surface area contributed by atoms with Gasteiger partial charge in [0.05, 0.1) is 7.11 Å². The summed E-state index contributed by atoms with van der Waals surface area (Å²) in [6.45, 7) is 2.23. The normalized spacial score (nSPS) is 10.3. The molecule has 0 heterocycles. The average Bonchev–Trinajstić information content (AvgIpc) is 2.65. The second-order valence-electron chi connectivity index (χ2n) is 5.92. The highest BCUT2D eigenvalue weighted by molar-refractivity contribution is 5.94. The van der Waals surface area contributed by atoms with Crippen molar-refractivity contribution in [1.82, 2.24) is 10.6 Å². The molecule has 2 aromatic rings. The van der Waals surface area contributed by atoms with E-state index in [-0.39, 0.29) is 23.9 Å². The number of hydrogen-bond donors (Lipinski definition) is 2. The molecule has 0 unspecified atom stereocenters. The van der Waals surface area contributed by atoms with Crippen LogP contribution in [0, 0.1) is 12.7 Å². The quantitative estimate of drug-likeness (QED) is 0.713. The number of aryl methyl sites for hydroxylation is 2. The molecule has 2 amide bonds. The van der Waals surface area contributed by atoms with Crippen molar-refractivity contribution in [3.8, 4) is 5.75 Å². The molecule has 0 aliphatic carbocycles. The van der Waals surface area contributed by atoms with Gasteiger partial charge >= 0.3 is 0 Å². The van der Waals surface area contributed by atoms with Gasteiger partial charge in [0.2, 0.25) is 5.91 Å². The predicted octanol–water partition coefficient (Wildman–Crippen LogP) is 2.62. The lowest BCUT2D eigenvalue weighted by Gasteiger charge is -2.08. The van der Waals surface area contributed by atoms with Gasteiger partial charge in [-0.2, -0.15) is 0 Å². The highest BCUT2D eigenvalue weighted by Gasteiger charge is 2.08. The van der Waals surface area contributed by atoms with E-state index in [2.05, 4.69) is 10.6 Å². The lowest BCUT2D eigenvalue weighted by molar-refractivity contribution is -0.121. The van der Waals surface area contributed by atoms with Crippen LogP contribution in [-0.4, -0.2) is 32.0 Å². The molecule has 0 aliphatic heterocycles. The average molecular weight is 358 g/mol. The van der Waals surface area contributed by atoms with Crippen LogP contribution in [0.2, 0.25) is 0 Å². The standard InChI is InChI=1S/C20H23FN2O3/c1-14-6-8-16(13-18(14)21)20(25)23-11-10-22-19(24)9-7-15-4-3-5-17(12-15)26-2/h3-6,8,12-13H,7,9-11H2,1-2H3,(H,22,24)(H,23,25). The van der Waals surface area contributed by atoms with Gasteiger partial charge in [0.1, 0.15) is 11.6 Å². The number of nitrogens with one attached hydrogen (secondary N) is 2. The third-order valence-electron chi connectivity index (χ3n) is 3.94. The molecule has 0 aliphatic rings. The number of methoxy groups -OCH3 is 1. The van der Waals surface area contributed by atoms with Crippen LogP contribution >= 0.6 is 0 Å². The van der Waals surface area contributed by atoms with Gasteiger partial charge in [0, 0.05) is 25.1 Å². The molecule has 138 valence electrons. The Bertz CT molecular complexity index is 777. The zero-order chi connectivity index (χ0) is 18.9. The van der Waals surface area contributed by atoms with Gasteiger partial charge in [0.25, 0.3) is 5.91 Å². The molecular formula is C20H23FN2O3. The van der Waals surface area contributed by atoms with Gasteiger partial charge in [0.15, 0.2) is 0 Å². The lowest BCUT2D eigenvalue weighted by atomic mass is 10.1. The van der Waals surface area contributed by atoms with E-state index in [0.29, 0.717) is 24.9 Å². The fourth-order valence-electron chi connectivity index (χ4n) is 2.39. The van der Waals surface area contributed by atoms with Gasteiger partial charge in [-0.25, -0.2) is 4.39 Å². The number of halogens is 1. The minimum Gasteiger partial charge on any atom is -0.497 e. The molecule has 0 saturated carbocycles. The fourth-order valence-corrected chi connectivity index (χ4v) is 2.39. The van der Waals surface area contributed by atoms with Crippen LogP contribution in [0.4, 0.5) is 4.39 Å². The molecule has 2 rings (SSSR count). The summed E-state index contributed by atoms with van der Waals surface area (Å²) in [5, 5.41) is 5.40. The molecule has 6 heteroatoms. The molecule has 2 N–H and O–H groups in total. The summed E-state index contributed by atoms with van der Waals surface area (Å²) in [7, 11) is 1.60. The van der Waals surface area contributed by atoms with E-state index in [4.69, 9.17) is 4.74 Å². The monoisotopic (exact) mass is 358 g/mol. The Balaban J connectivity index is 1.67. The minimum atomic E-state index is -0.413. The Morgan fingerprint density at radius 1 is 1.08 bits per heavy atom. The zero-order valence-electron chi connectivity index (χ0n) is 15.0. The van der Waals surface area contributed by atoms with E-state index in [1.807, 2.05) is 24.3 Å². The van der Waals surface area contributed by atoms with E-state index in [0.717, 1.165) is 11.3 Å². The molecule has 0 aromatic heterocycles. The predicted molar refractivity (Wildman–Crippen MR) is 97.8 cm³/mol. The van der Waals surface area contributed by atoms with E-state index in [9.17, 15) is 14.0 Å². The maximum Gasteiger partial charge on any atom is 0.251 e. The molecule has 0 bridgehead atoms. The first-order valence-electron chi connectivity index (χ1n) is 8.43. The van der Waals surface area contributed by atoms with Crippen molar-refractivity contribution in [2.45, 2.75) is 19.8 Å². The number of carbonyl (C=O) groups is 2. The van der Waals surface area contributed by atoms with Crippen molar-refractivity contribution >= 4 is 11.8 Å². The third kappa shape index (κ3) is 5.88. The number of rotatable bonds is 8. The maximum atomic E-state index is 13.5. The van der Waals surface area contributed by atoms with Gasteiger partial charge in [-0.15, -0.1) is 0 Å². The Kier molecular flexibility index (Phi) is 7.14. The van der Waals surface area contributed by atoms with Gasteiger partial charge in [-0.3, -0.25) is 9.59 Å². The first kappa shape index (κ1) is 19.4. The fraction of sp³-hybridized carbons (Fsp3) is 0.300. The molecule has 2 aromatic carbocycles. The second kappa shape index (κ2) is 9.56. The molecule has 0 spiro atoms. The molecule has 5 nitrogen and oxygen atoms in total.